The van der Waals surface area contributed by atoms with E-state index in [0.717, 1.165) is 23.7 Å². The van der Waals surface area contributed by atoms with Gasteiger partial charge in [0, 0.05) is 13.1 Å². The van der Waals surface area contributed by atoms with Gasteiger partial charge in [0.1, 0.15) is 4.88 Å². The van der Waals surface area contributed by atoms with E-state index in [1.54, 1.807) is 0 Å². The fourth-order valence-corrected chi connectivity index (χ4v) is 3.27. The lowest BCUT2D eigenvalue weighted by atomic mass is 10.0. The summed E-state index contributed by atoms with van der Waals surface area (Å²) in [6, 6.07) is 0.354. The number of aromatic carboxylic acids is 1. The summed E-state index contributed by atoms with van der Waals surface area (Å²) >= 11 is 1.29. The van der Waals surface area contributed by atoms with Gasteiger partial charge < -0.3 is 10.0 Å². The molecule has 0 saturated carbocycles. The van der Waals surface area contributed by atoms with E-state index in [9.17, 15) is 9.90 Å². The highest BCUT2D eigenvalue weighted by Crippen LogP contribution is 2.33. The quantitative estimate of drug-likeness (QED) is 0.818. The molecule has 114 valence electrons. The average molecular weight is 298 g/mol. The molecule has 1 N–H and O–H groups in total. The lowest BCUT2D eigenvalue weighted by Crippen LogP contribution is -2.29. The standard InChI is InChI=1S/C15H26N2O2S/c1-7-10(4)12-13(14(18)19)20-15(16-12)17(6)11(5)8-9(2)3/h9-11H,7-8H2,1-6H3,(H,18,19). The monoisotopic (exact) mass is 298 g/mol. The maximum Gasteiger partial charge on any atom is 0.347 e. The Balaban J connectivity index is 3.04. The number of carboxylic acids is 1. The fourth-order valence-electron chi connectivity index (χ4n) is 2.18. The fraction of sp³-hybridized carbons (Fsp3) is 0.733. The molecular weight excluding hydrogens is 272 g/mol. The third-order valence-electron chi connectivity index (χ3n) is 3.69. The Morgan fingerprint density at radius 1 is 1.35 bits per heavy atom. The van der Waals surface area contributed by atoms with E-state index in [4.69, 9.17) is 0 Å². The lowest BCUT2D eigenvalue weighted by molar-refractivity contribution is 0.0700. The van der Waals surface area contributed by atoms with Crippen molar-refractivity contribution in [3.63, 3.8) is 0 Å². The van der Waals surface area contributed by atoms with Crippen LogP contribution in [-0.4, -0.2) is 29.1 Å². The predicted octanol–water partition coefficient (Wildman–Crippen LogP) is 4.23. The first kappa shape index (κ1) is 17.0. The molecule has 20 heavy (non-hydrogen) atoms. The van der Waals surface area contributed by atoms with E-state index in [1.807, 2.05) is 14.0 Å². The summed E-state index contributed by atoms with van der Waals surface area (Å²) in [6.45, 7) is 10.6. The predicted molar refractivity (Wildman–Crippen MR) is 85.1 cm³/mol. The minimum absolute atomic E-state index is 0.180. The maximum atomic E-state index is 11.4. The second-order valence-corrected chi connectivity index (χ2v) is 6.89. The molecule has 4 nitrogen and oxygen atoms in total. The first-order valence-electron chi connectivity index (χ1n) is 7.24. The lowest BCUT2D eigenvalue weighted by Gasteiger charge is -2.25. The Labute approximate surface area is 125 Å². The molecule has 0 bridgehead atoms. The van der Waals surface area contributed by atoms with Gasteiger partial charge in [-0.25, -0.2) is 9.78 Å². The zero-order valence-corrected chi connectivity index (χ0v) is 14.1. The van der Waals surface area contributed by atoms with Crippen molar-refractivity contribution >= 4 is 22.4 Å². The van der Waals surface area contributed by atoms with Crippen LogP contribution in [0.5, 0.6) is 0 Å². The largest absolute Gasteiger partial charge is 0.477 e. The van der Waals surface area contributed by atoms with E-state index >= 15 is 0 Å². The van der Waals surface area contributed by atoms with Crippen LogP contribution in [0.4, 0.5) is 5.13 Å². The molecule has 0 amide bonds. The Bertz CT molecular complexity index is 457. The second kappa shape index (κ2) is 7.07. The highest BCUT2D eigenvalue weighted by Gasteiger charge is 2.24. The van der Waals surface area contributed by atoms with Crippen LogP contribution in [0.15, 0.2) is 0 Å². The van der Waals surface area contributed by atoms with Gasteiger partial charge in [0.15, 0.2) is 5.13 Å². The van der Waals surface area contributed by atoms with Gasteiger partial charge in [0.25, 0.3) is 0 Å². The van der Waals surface area contributed by atoms with Crippen LogP contribution >= 0.6 is 11.3 Å². The molecule has 0 aliphatic carbocycles. The van der Waals surface area contributed by atoms with Crippen molar-refractivity contribution in [1.82, 2.24) is 4.98 Å². The number of hydrogen-bond donors (Lipinski definition) is 1. The molecule has 1 aromatic rings. The molecule has 1 aromatic heterocycles. The summed E-state index contributed by atoms with van der Waals surface area (Å²) < 4.78 is 0. The maximum absolute atomic E-state index is 11.4. The number of anilines is 1. The van der Waals surface area contributed by atoms with E-state index in [1.165, 1.54) is 11.3 Å². The normalized spacial score (nSPS) is 14.3. The summed E-state index contributed by atoms with van der Waals surface area (Å²) in [5, 5.41) is 10.2. The molecule has 1 rings (SSSR count). The Morgan fingerprint density at radius 3 is 2.40 bits per heavy atom. The van der Waals surface area contributed by atoms with Crippen molar-refractivity contribution in [2.45, 2.75) is 59.4 Å². The van der Waals surface area contributed by atoms with Crippen LogP contribution in [0.25, 0.3) is 0 Å². The molecule has 0 aromatic carbocycles. The third-order valence-corrected chi connectivity index (χ3v) is 4.84. The number of carbonyl (C=O) groups is 1. The Morgan fingerprint density at radius 2 is 1.95 bits per heavy atom. The van der Waals surface area contributed by atoms with Gasteiger partial charge in [-0.05, 0) is 31.6 Å². The van der Waals surface area contributed by atoms with Crippen molar-refractivity contribution in [1.29, 1.82) is 0 Å². The molecule has 0 saturated heterocycles. The number of aromatic nitrogens is 1. The van der Waals surface area contributed by atoms with Crippen molar-refractivity contribution in [3.05, 3.63) is 10.6 Å². The number of carboxylic acid groups (broad SMARTS) is 1. The molecule has 0 aliphatic rings. The van der Waals surface area contributed by atoms with Crippen LogP contribution in [0, 0.1) is 5.92 Å². The smallest absolute Gasteiger partial charge is 0.347 e. The molecule has 2 atom stereocenters. The molecule has 0 aliphatic heterocycles. The first-order valence-corrected chi connectivity index (χ1v) is 8.06. The van der Waals surface area contributed by atoms with E-state index < -0.39 is 5.97 Å². The third kappa shape index (κ3) is 3.95. The second-order valence-electron chi connectivity index (χ2n) is 5.91. The van der Waals surface area contributed by atoms with Crippen LogP contribution in [0.1, 0.15) is 68.7 Å². The first-order chi connectivity index (χ1) is 9.27. The van der Waals surface area contributed by atoms with Crippen LogP contribution < -0.4 is 4.90 Å². The van der Waals surface area contributed by atoms with Crippen LogP contribution in [-0.2, 0) is 0 Å². The number of nitrogens with zero attached hydrogens (tertiary/aromatic N) is 2. The van der Waals surface area contributed by atoms with Crippen molar-refractivity contribution in [3.8, 4) is 0 Å². The molecule has 0 fully saturated rings. The summed E-state index contributed by atoms with van der Waals surface area (Å²) in [6.07, 6.45) is 1.96. The van der Waals surface area contributed by atoms with Gasteiger partial charge in [0.2, 0.25) is 0 Å². The molecule has 2 unspecified atom stereocenters. The molecule has 1 heterocycles. The Kier molecular flexibility index (Phi) is 5.99. The summed E-state index contributed by atoms with van der Waals surface area (Å²) in [4.78, 5) is 18.5. The number of hydrogen-bond acceptors (Lipinski definition) is 4. The SMILES string of the molecule is CCC(C)c1nc(N(C)C(C)CC(C)C)sc1C(=O)O. The Hall–Kier alpha value is -1.10. The van der Waals surface area contributed by atoms with Crippen LogP contribution in [0.2, 0.25) is 0 Å². The topological polar surface area (TPSA) is 53.4 Å². The summed E-state index contributed by atoms with van der Waals surface area (Å²) in [7, 11) is 2.00. The van der Waals surface area contributed by atoms with Crippen molar-refractivity contribution in [2.75, 3.05) is 11.9 Å². The summed E-state index contributed by atoms with van der Waals surface area (Å²) in [5.74, 6) is -0.0748. The minimum Gasteiger partial charge on any atom is -0.477 e. The van der Waals surface area contributed by atoms with E-state index in [-0.39, 0.29) is 5.92 Å². The van der Waals surface area contributed by atoms with Gasteiger partial charge >= 0.3 is 5.97 Å². The highest BCUT2D eigenvalue weighted by molar-refractivity contribution is 7.17. The molecule has 5 heteroatoms. The van der Waals surface area contributed by atoms with E-state index in [2.05, 4.69) is 37.6 Å². The van der Waals surface area contributed by atoms with Gasteiger partial charge in [0.05, 0.1) is 5.69 Å². The van der Waals surface area contributed by atoms with Gasteiger partial charge in [-0.1, -0.05) is 39.0 Å². The van der Waals surface area contributed by atoms with Gasteiger partial charge in [-0.3, -0.25) is 0 Å². The zero-order valence-electron chi connectivity index (χ0n) is 13.3. The number of rotatable bonds is 7. The molecule has 0 spiro atoms. The molecule has 0 radical (unpaired) electrons. The summed E-state index contributed by atoms with van der Waals surface area (Å²) in [5.41, 5.74) is 0.726. The minimum atomic E-state index is -0.867. The van der Waals surface area contributed by atoms with E-state index in [0.29, 0.717) is 16.8 Å². The highest BCUT2D eigenvalue weighted by atomic mass is 32.1. The zero-order chi connectivity index (χ0) is 15.4. The van der Waals surface area contributed by atoms with Gasteiger partial charge in [-0.2, -0.15) is 0 Å². The molecular formula is C15H26N2O2S. The number of thiazole rings is 1. The van der Waals surface area contributed by atoms with Crippen molar-refractivity contribution in [2.24, 2.45) is 5.92 Å². The average Bonchev–Trinajstić information content (AvgIpc) is 2.81. The van der Waals surface area contributed by atoms with Crippen molar-refractivity contribution < 1.29 is 9.90 Å². The van der Waals surface area contributed by atoms with Crippen LogP contribution in [0.3, 0.4) is 0 Å². The van der Waals surface area contributed by atoms with Gasteiger partial charge in [-0.15, -0.1) is 0 Å².